The summed E-state index contributed by atoms with van der Waals surface area (Å²) in [4.78, 5) is 28.5. The summed E-state index contributed by atoms with van der Waals surface area (Å²) in [6, 6.07) is 9.09. The van der Waals surface area contributed by atoms with Crippen molar-refractivity contribution in [3.63, 3.8) is 0 Å². The number of carbonyl (C=O) groups is 2. The van der Waals surface area contributed by atoms with Crippen LogP contribution in [0.25, 0.3) is 5.69 Å². The van der Waals surface area contributed by atoms with Crippen LogP contribution in [-0.4, -0.2) is 44.4 Å². The zero-order chi connectivity index (χ0) is 20.9. The van der Waals surface area contributed by atoms with Crippen LogP contribution in [0, 0.1) is 0 Å². The Bertz CT molecular complexity index is 1000. The van der Waals surface area contributed by atoms with E-state index < -0.39 is 5.97 Å². The number of nitrogens with one attached hydrogen (secondary N) is 1. The molecule has 8 heteroatoms. The van der Waals surface area contributed by atoms with Crippen LogP contribution in [0.4, 0.5) is 0 Å². The first-order valence-corrected chi connectivity index (χ1v) is 10.3. The van der Waals surface area contributed by atoms with Gasteiger partial charge in [0.15, 0.2) is 5.69 Å². The number of imidazole rings is 1. The Morgan fingerprint density at radius 1 is 1.23 bits per heavy atom. The Morgan fingerprint density at radius 2 is 2.03 bits per heavy atom. The molecule has 1 fully saturated rings. The van der Waals surface area contributed by atoms with Crippen molar-refractivity contribution in [1.82, 2.24) is 24.6 Å². The number of benzene rings is 1. The fourth-order valence-corrected chi connectivity index (χ4v) is 3.32. The van der Waals surface area contributed by atoms with E-state index in [2.05, 4.69) is 15.4 Å². The normalized spacial score (nSPS) is 13.2. The van der Waals surface area contributed by atoms with Gasteiger partial charge in [0.1, 0.15) is 0 Å². The standard InChI is InChI=1S/C22H25N5O3/c1-2-30-22(29)19-14-20(16-4-5-16)27(25-19)18-8-6-17(7-9-18)21(28)24-10-3-12-26-13-11-23-15-26/h6-9,11,13-16H,2-5,10,12H2,1H3,(H,24,28). The summed E-state index contributed by atoms with van der Waals surface area (Å²) in [5.41, 5.74) is 2.74. The number of amides is 1. The minimum absolute atomic E-state index is 0.109. The van der Waals surface area contributed by atoms with Crippen molar-refractivity contribution in [3.05, 3.63) is 66.0 Å². The predicted octanol–water partition coefficient (Wildman–Crippen LogP) is 2.94. The highest BCUT2D eigenvalue weighted by atomic mass is 16.5. The van der Waals surface area contributed by atoms with Gasteiger partial charge in [-0.3, -0.25) is 4.79 Å². The molecular formula is C22H25N5O3. The smallest absolute Gasteiger partial charge is 0.358 e. The van der Waals surface area contributed by atoms with Crippen LogP contribution in [0.3, 0.4) is 0 Å². The zero-order valence-electron chi connectivity index (χ0n) is 17.0. The van der Waals surface area contributed by atoms with E-state index in [0.29, 0.717) is 30.3 Å². The van der Waals surface area contributed by atoms with Crippen LogP contribution in [0.1, 0.15) is 58.6 Å². The maximum absolute atomic E-state index is 12.4. The van der Waals surface area contributed by atoms with Gasteiger partial charge < -0.3 is 14.6 Å². The van der Waals surface area contributed by atoms with Crippen LogP contribution < -0.4 is 5.32 Å². The van der Waals surface area contributed by atoms with Gasteiger partial charge in [-0.25, -0.2) is 14.5 Å². The number of aromatic nitrogens is 4. The SMILES string of the molecule is CCOC(=O)c1cc(C2CC2)n(-c2ccc(C(=O)NCCCn3ccnc3)cc2)n1. The molecular weight excluding hydrogens is 382 g/mol. The molecule has 1 aromatic carbocycles. The minimum atomic E-state index is -0.412. The number of rotatable bonds is 9. The van der Waals surface area contributed by atoms with E-state index in [-0.39, 0.29) is 5.91 Å². The molecule has 8 nitrogen and oxygen atoms in total. The molecule has 30 heavy (non-hydrogen) atoms. The minimum Gasteiger partial charge on any atom is -0.461 e. The lowest BCUT2D eigenvalue weighted by Crippen LogP contribution is -2.25. The molecule has 0 bridgehead atoms. The Hall–Kier alpha value is -3.42. The van der Waals surface area contributed by atoms with E-state index >= 15 is 0 Å². The van der Waals surface area contributed by atoms with Crippen molar-refractivity contribution in [2.24, 2.45) is 0 Å². The van der Waals surface area contributed by atoms with Crippen molar-refractivity contribution in [3.8, 4) is 5.69 Å². The first-order valence-electron chi connectivity index (χ1n) is 10.3. The van der Waals surface area contributed by atoms with Gasteiger partial charge in [-0.2, -0.15) is 5.10 Å². The molecule has 3 aromatic rings. The molecule has 1 saturated carbocycles. The number of aryl methyl sites for hydroxylation is 1. The Labute approximate surface area is 174 Å². The van der Waals surface area contributed by atoms with Crippen molar-refractivity contribution >= 4 is 11.9 Å². The lowest BCUT2D eigenvalue weighted by molar-refractivity contribution is 0.0518. The maximum Gasteiger partial charge on any atom is 0.358 e. The molecule has 0 radical (unpaired) electrons. The monoisotopic (exact) mass is 407 g/mol. The average molecular weight is 407 g/mol. The van der Waals surface area contributed by atoms with Crippen LogP contribution >= 0.6 is 0 Å². The Morgan fingerprint density at radius 3 is 2.70 bits per heavy atom. The van der Waals surface area contributed by atoms with Crippen molar-refractivity contribution < 1.29 is 14.3 Å². The van der Waals surface area contributed by atoms with Crippen LogP contribution in [-0.2, 0) is 11.3 Å². The third-order valence-corrected chi connectivity index (χ3v) is 5.03. The molecule has 0 saturated heterocycles. The van der Waals surface area contributed by atoms with E-state index in [1.54, 1.807) is 36.3 Å². The van der Waals surface area contributed by atoms with Crippen molar-refractivity contribution in [2.45, 2.75) is 38.6 Å². The van der Waals surface area contributed by atoms with Gasteiger partial charge in [0.05, 0.1) is 18.6 Å². The molecule has 2 aromatic heterocycles. The number of hydrogen-bond donors (Lipinski definition) is 1. The van der Waals surface area contributed by atoms with Gasteiger partial charge in [-0.15, -0.1) is 0 Å². The fraction of sp³-hybridized carbons (Fsp3) is 0.364. The summed E-state index contributed by atoms with van der Waals surface area (Å²) in [5, 5.41) is 7.39. The highest BCUT2D eigenvalue weighted by molar-refractivity contribution is 5.94. The lowest BCUT2D eigenvalue weighted by Gasteiger charge is -2.09. The summed E-state index contributed by atoms with van der Waals surface area (Å²) in [5.74, 6) is -0.105. The van der Waals surface area contributed by atoms with Gasteiger partial charge in [0.2, 0.25) is 0 Å². The van der Waals surface area contributed by atoms with Gasteiger partial charge in [0, 0.05) is 42.7 Å². The number of hydrogen-bond acceptors (Lipinski definition) is 5. The summed E-state index contributed by atoms with van der Waals surface area (Å²) in [6.07, 6.45) is 8.41. The predicted molar refractivity (Wildman–Crippen MR) is 111 cm³/mol. The lowest BCUT2D eigenvalue weighted by atomic mass is 10.2. The second kappa shape index (κ2) is 8.94. The molecule has 0 spiro atoms. The molecule has 0 atom stereocenters. The summed E-state index contributed by atoms with van der Waals surface area (Å²) >= 11 is 0. The molecule has 0 unspecified atom stereocenters. The molecule has 156 valence electrons. The highest BCUT2D eigenvalue weighted by Crippen LogP contribution is 2.41. The van der Waals surface area contributed by atoms with Crippen LogP contribution in [0.5, 0.6) is 0 Å². The van der Waals surface area contributed by atoms with Gasteiger partial charge in [0.25, 0.3) is 5.91 Å². The van der Waals surface area contributed by atoms with Crippen molar-refractivity contribution in [2.75, 3.05) is 13.2 Å². The molecule has 2 heterocycles. The van der Waals surface area contributed by atoms with Crippen molar-refractivity contribution in [1.29, 1.82) is 0 Å². The van der Waals surface area contributed by atoms with Gasteiger partial charge in [-0.1, -0.05) is 0 Å². The van der Waals surface area contributed by atoms with Crippen LogP contribution in [0.15, 0.2) is 49.1 Å². The quantitative estimate of drug-likeness (QED) is 0.435. The Kier molecular flexibility index (Phi) is 5.92. The molecule has 1 amide bonds. The topological polar surface area (TPSA) is 91.0 Å². The summed E-state index contributed by atoms with van der Waals surface area (Å²) in [6.45, 7) is 3.49. The summed E-state index contributed by atoms with van der Waals surface area (Å²) in [7, 11) is 0. The maximum atomic E-state index is 12.4. The highest BCUT2D eigenvalue weighted by Gasteiger charge is 2.30. The molecule has 1 aliphatic rings. The summed E-state index contributed by atoms with van der Waals surface area (Å²) < 4.78 is 8.85. The third kappa shape index (κ3) is 4.59. The third-order valence-electron chi connectivity index (χ3n) is 5.03. The first-order chi connectivity index (χ1) is 14.7. The Balaban J connectivity index is 1.40. The fourth-order valence-electron chi connectivity index (χ4n) is 3.32. The first kappa shape index (κ1) is 19.9. The zero-order valence-corrected chi connectivity index (χ0v) is 17.0. The largest absolute Gasteiger partial charge is 0.461 e. The van der Waals surface area contributed by atoms with E-state index in [1.807, 2.05) is 29.0 Å². The van der Waals surface area contributed by atoms with E-state index in [0.717, 1.165) is 37.2 Å². The molecule has 4 rings (SSSR count). The number of nitrogens with zero attached hydrogens (tertiary/aromatic N) is 4. The molecule has 1 aliphatic carbocycles. The van der Waals surface area contributed by atoms with Gasteiger partial charge in [-0.05, 0) is 56.5 Å². The van der Waals surface area contributed by atoms with E-state index in [9.17, 15) is 9.59 Å². The molecule has 0 aliphatic heterocycles. The number of carbonyl (C=O) groups excluding carboxylic acids is 2. The average Bonchev–Trinajstić information content (AvgIpc) is 3.29. The van der Waals surface area contributed by atoms with Crippen LogP contribution in [0.2, 0.25) is 0 Å². The van der Waals surface area contributed by atoms with E-state index in [1.165, 1.54) is 0 Å². The van der Waals surface area contributed by atoms with Gasteiger partial charge >= 0.3 is 5.97 Å². The number of ether oxygens (including phenoxy) is 1. The molecule has 1 N–H and O–H groups in total. The van der Waals surface area contributed by atoms with E-state index in [4.69, 9.17) is 4.74 Å². The number of esters is 1. The second-order valence-corrected chi connectivity index (χ2v) is 7.32. The second-order valence-electron chi connectivity index (χ2n) is 7.32.